The minimum atomic E-state index is -0.846. The molecule has 3 N–H and O–H groups in total. The van der Waals surface area contributed by atoms with Crippen LogP contribution in [0, 0.1) is 0 Å². The van der Waals surface area contributed by atoms with Crippen LogP contribution in [-0.4, -0.2) is 28.9 Å². The van der Waals surface area contributed by atoms with Gasteiger partial charge in [0.25, 0.3) is 0 Å². The number of carboxylic acids is 1. The van der Waals surface area contributed by atoms with E-state index in [2.05, 4.69) is 10.3 Å². The van der Waals surface area contributed by atoms with Crippen molar-refractivity contribution in [1.29, 1.82) is 0 Å². The van der Waals surface area contributed by atoms with E-state index >= 15 is 0 Å². The number of hydrogen-bond donors (Lipinski definition) is 3. The summed E-state index contributed by atoms with van der Waals surface area (Å²) in [6.07, 6.45) is 0.454. The molecule has 0 aliphatic carbocycles. The summed E-state index contributed by atoms with van der Waals surface area (Å²) in [6.45, 7) is 0.215. The highest BCUT2D eigenvalue weighted by Crippen LogP contribution is 2.39. The van der Waals surface area contributed by atoms with Gasteiger partial charge in [-0.3, -0.25) is 10.1 Å². The molecule has 6 nitrogen and oxygen atoms in total. The van der Waals surface area contributed by atoms with Gasteiger partial charge in [0.15, 0.2) is 11.5 Å². The zero-order valence-corrected chi connectivity index (χ0v) is 13.3. The maximum atomic E-state index is 11.7. The zero-order valence-electron chi connectivity index (χ0n) is 13.3. The number of aromatic amines is 1. The van der Waals surface area contributed by atoms with Gasteiger partial charge in [-0.1, -0.05) is 24.3 Å². The molecule has 0 amide bonds. The minimum Gasteiger partial charge on any atom is -0.480 e. The number of benzene rings is 2. The lowest BCUT2D eigenvalue weighted by molar-refractivity contribution is -0.139. The lowest BCUT2D eigenvalue weighted by Crippen LogP contribution is -2.44. The SMILES string of the molecule is O=C(O)[C@H]1Cc2c([nH]c3ccccc23)C(c2ccc3c(c2)OCO3)N1. The largest absolute Gasteiger partial charge is 0.480 e. The summed E-state index contributed by atoms with van der Waals surface area (Å²) in [4.78, 5) is 15.1. The van der Waals surface area contributed by atoms with Gasteiger partial charge in [0.05, 0.1) is 6.04 Å². The van der Waals surface area contributed by atoms with Crippen molar-refractivity contribution < 1.29 is 19.4 Å². The summed E-state index contributed by atoms with van der Waals surface area (Å²) in [5.41, 5.74) is 4.04. The van der Waals surface area contributed by atoms with E-state index in [0.717, 1.165) is 27.7 Å². The highest BCUT2D eigenvalue weighted by atomic mass is 16.7. The van der Waals surface area contributed by atoms with Crippen LogP contribution in [0.2, 0.25) is 0 Å². The first-order chi connectivity index (χ1) is 12.2. The van der Waals surface area contributed by atoms with E-state index in [0.29, 0.717) is 17.9 Å². The number of para-hydroxylation sites is 1. The van der Waals surface area contributed by atoms with Crippen molar-refractivity contribution in [3.05, 3.63) is 59.3 Å². The summed E-state index contributed by atoms with van der Waals surface area (Å²) in [6, 6.07) is 12.8. The van der Waals surface area contributed by atoms with Gasteiger partial charge in [-0.05, 0) is 29.3 Å². The predicted octanol–water partition coefficient (Wildman–Crippen LogP) is 2.58. The molecular formula is C19H16N2O4. The summed E-state index contributed by atoms with van der Waals surface area (Å²) < 4.78 is 10.8. The molecule has 1 aromatic heterocycles. The van der Waals surface area contributed by atoms with Crippen LogP contribution in [0.5, 0.6) is 11.5 Å². The highest BCUT2D eigenvalue weighted by molar-refractivity contribution is 5.87. The van der Waals surface area contributed by atoms with Gasteiger partial charge in [-0.2, -0.15) is 0 Å². The normalized spacial score (nSPS) is 21.3. The Balaban J connectivity index is 1.67. The van der Waals surface area contributed by atoms with Gasteiger partial charge in [0, 0.05) is 23.0 Å². The van der Waals surface area contributed by atoms with Crippen molar-refractivity contribution in [2.24, 2.45) is 0 Å². The van der Waals surface area contributed by atoms with Crippen LogP contribution in [0.3, 0.4) is 0 Å². The van der Waals surface area contributed by atoms with E-state index in [1.54, 1.807) is 0 Å². The molecule has 0 radical (unpaired) electrons. The van der Waals surface area contributed by atoms with Gasteiger partial charge in [0.2, 0.25) is 6.79 Å². The Labute approximate surface area is 143 Å². The first kappa shape index (κ1) is 14.4. The molecule has 0 spiro atoms. The molecule has 3 aromatic rings. The fourth-order valence-electron chi connectivity index (χ4n) is 3.75. The number of H-pyrrole nitrogens is 1. The Kier molecular flexibility index (Phi) is 3.02. The Morgan fingerprint density at radius 2 is 1.96 bits per heavy atom. The molecule has 25 heavy (non-hydrogen) atoms. The molecule has 2 aromatic carbocycles. The van der Waals surface area contributed by atoms with Crippen molar-refractivity contribution in [1.82, 2.24) is 10.3 Å². The van der Waals surface area contributed by atoms with Crippen LogP contribution >= 0.6 is 0 Å². The summed E-state index contributed by atoms with van der Waals surface area (Å²) in [5, 5.41) is 13.9. The van der Waals surface area contributed by atoms with E-state index in [1.807, 2.05) is 42.5 Å². The third-order valence-corrected chi connectivity index (χ3v) is 4.94. The maximum absolute atomic E-state index is 11.7. The molecular weight excluding hydrogens is 320 g/mol. The first-order valence-corrected chi connectivity index (χ1v) is 8.18. The highest BCUT2D eigenvalue weighted by Gasteiger charge is 2.34. The van der Waals surface area contributed by atoms with Crippen LogP contribution in [0.1, 0.15) is 22.9 Å². The van der Waals surface area contributed by atoms with Crippen LogP contribution in [0.4, 0.5) is 0 Å². The van der Waals surface area contributed by atoms with Gasteiger partial charge < -0.3 is 19.6 Å². The molecule has 5 rings (SSSR count). The Bertz CT molecular complexity index is 994. The number of nitrogens with one attached hydrogen (secondary N) is 2. The number of aliphatic carboxylic acids is 1. The summed E-state index contributed by atoms with van der Waals surface area (Å²) in [5.74, 6) is 0.558. The minimum absolute atomic E-state index is 0.215. The molecule has 126 valence electrons. The molecule has 0 saturated heterocycles. The fourth-order valence-corrected chi connectivity index (χ4v) is 3.75. The van der Waals surface area contributed by atoms with E-state index in [9.17, 15) is 9.90 Å². The zero-order chi connectivity index (χ0) is 17.0. The van der Waals surface area contributed by atoms with Crippen molar-refractivity contribution in [2.75, 3.05) is 6.79 Å². The van der Waals surface area contributed by atoms with E-state index in [1.165, 1.54) is 0 Å². The molecule has 2 aliphatic rings. The molecule has 6 heteroatoms. The standard InChI is InChI=1S/C19H16N2O4/c22-19(23)14-8-12-11-3-1-2-4-13(11)20-18(12)17(21-14)10-5-6-15-16(7-10)25-9-24-15/h1-7,14,17,20-21H,8-9H2,(H,22,23)/t14-,17?/m1/s1. The van der Waals surface area contributed by atoms with Crippen LogP contribution in [0.15, 0.2) is 42.5 Å². The smallest absolute Gasteiger partial charge is 0.321 e. The third kappa shape index (κ3) is 2.18. The molecule has 2 atom stereocenters. The van der Waals surface area contributed by atoms with E-state index < -0.39 is 12.0 Å². The summed E-state index contributed by atoms with van der Waals surface area (Å²) in [7, 11) is 0. The van der Waals surface area contributed by atoms with Crippen LogP contribution in [-0.2, 0) is 11.2 Å². The Morgan fingerprint density at radius 1 is 1.12 bits per heavy atom. The number of ether oxygens (including phenoxy) is 2. The van der Waals surface area contributed by atoms with Crippen molar-refractivity contribution in [2.45, 2.75) is 18.5 Å². The average Bonchev–Trinajstić information content (AvgIpc) is 3.24. The number of hydrogen-bond acceptors (Lipinski definition) is 4. The van der Waals surface area contributed by atoms with E-state index in [-0.39, 0.29) is 12.8 Å². The fraction of sp³-hybridized carbons (Fsp3) is 0.211. The number of carboxylic acid groups (broad SMARTS) is 1. The van der Waals surface area contributed by atoms with Gasteiger partial charge in [0.1, 0.15) is 6.04 Å². The van der Waals surface area contributed by atoms with Gasteiger partial charge in [-0.25, -0.2) is 0 Å². The van der Waals surface area contributed by atoms with Crippen LogP contribution in [0.25, 0.3) is 10.9 Å². The van der Waals surface area contributed by atoms with Crippen molar-refractivity contribution in [3.8, 4) is 11.5 Å². The second-order valence-corrected chi connectivity index (χ2v) is 6.37. The Morgan fingerprint density at radius 3 is 2.84 bits per heavy atom. The van der Waals surface area contributed by atoms with Gasteiger partial charge in [-0.15, -0.1) is 0 Å². The number of rotatable bonds is 2. The number of aromatic nitrogens is 1. The molecule has 3 heterocycles. The molecule has 2 aliphatic heterocycles. The second-order valence-electron chi connectivity index (χ2n) is 6.37. The van der Waals surface area contributed by atoms with Crippen molar-refractivity contribution in [3.63, 3.8) is 0 Å². The lowest BCUT2D eigenvalue weighted by atomic mass is 9.90. The molecule has 0 saturated carbocycles. The second kappa shape index (κ2) is 5.26. The average molecular weight is 336 g/mol. The third-order valence-electron chi connectivity index (χ3n) is 4.94. The van der Waals surface area contributed by atoms with Gasteiger partial charge >= 0.3 is 5.97 Å². The molecule has 0 bridgehead atoms. The topological polar surface area (TPSA) is 83.6 Å². The first-order valence-electron chi connectivity index (χ1n) is 8.18. The quantitative estimate of drug-likeness (QED) is 0.670. The predicted molar refractivity (Wildman–Crippen MR) is 91.0 cm³/mol. The number of fused-ring (bicyclic) bond motifs is 4. The monoisotopic (exact) mass is 336 g/mol. The van der Waals surface area contributed by atoms with E-state index in [4.69, 9.17) is 9.47 Å². The van der Waals surface area contributed by atoms with Crippen molar-refractivity contribution >= 4 is 16.9 Å². The Hall–Kier alpha value is -2.99. The lowest BCUT2D eigenvalue weighted by Gasteiger charge is -2.29. The molecule has 0 fully saturated rings. The van der Waals surface area contributed by atoms with Crippen LogP contribution < -0.4 is 14.8 Å². The maximum Gasteiger partial charge on any atom is 0.321 e. The summed E-state index contributed by atoms with van der Waals surface area (Å²) >= 11 is 0. The molecule has 1 unspecified atom stereocenters. The number of carbonyl (C=O) groups is 1.